The second-order valence-electron chi connectivity index (χ2n) is 8.07. The first-order chi connectivity index (χ1) is 16.8. The van der Waals surface area contributed by atoms with Crippen LogP contribution in [-0.4, -0.2) is 27.9 Å². The summed E-state index contributed by atoms with van der Waals surface area (Å²) in [5.74, 6) is -1.52. The molecule has 5 rings (SSSR count). The molecule has 3 N–H and O–H groups in total. The number of hydrogen-bond donors (Lipinski definition) is 3. The van der Waals surface area contributed by atoms with Crippen LogP contribution in [-0.2, 0) is 15.8 Å². The number of H-pyrrole nitrogens is 1. The van der Waals surface area contributed by atoms with Gasteiger partial charge in [-0.3, -0.25) is 9.59 Å². The zero-order valence-electron chi connectivity index (χ0n) is 18.1. The first kappa shape index (κ1) is 22.5. The van der Waals surface area contributed by atoms with E-state index in [1.807, 2.05) is 6.07 Å². The maximum absolute atomic E-state index is 13.1. The lowest BCUT2D eigenvalue weighted by Crippen LogP contribution is -2.41. The molecule has 10 heteroatoms. The number of para-hydroxylation sites is 2. The van der Waals surface area contributed by atoms with Gasteiger partial charge >= 0.3 is 6.18 Å². The van der Waals surface area contributed by atoms with Gasteiger partial charge in [0.05, 0.1) is 29.2 Å². The summed E-state index contributed by atoms with van der Waals surface area (Å²) in [6, 6.07) is 19.8. The third kappa shape index (κ3) is 4.68. The van der Waals surface area contributed by atoms with Gasteiger partial charge in [-0.25, -0.2) is 4.98 Å². The number of hydrogen-bond acceptors (Lipinski definition) is 4. The van der Waals surface area contributed by atoms with Gasteiger partial charge in [0.1, 0.15) is 5.75 Å². The topological polar surface area (TPSA) is 96.1 Å². The molecule has 2 heterocycles. The van der Waals surface area contributed by atoms with Crippen LogP contribution in [0, 0.1) is 0 Å². The molecule has 0 radical (unpaired) electrons. The van der Waals surface area contributed by atoms with E-state index >= 15 is 0 Å². The number of benzene rings is 3. The molecule has 1 aromatic heterocycles. The van der Waals surface area contributed by atoms with Crippen molar-refractivity contribution in [1.82, 2.24) is 15.3 Å². The van der Waals surface area contributed by atoms with Gasteiger partial charge in [0.15, 0.2) is 6.10 Å². The van der Waals surface area contributed by atoms with Gasteiger partial charge in [-0.1, -0.05) is 48.5 Å². The van der Waals surface area contributed by atoms with Crippen molar-refractivity contribution in [2.45, 2.75) is 24.7 Å². The van der Waals surface area contributed by atoms with Gasteiger partial charge in [0.25, 0.3) is 5.91 Å². The van der Waals surface area contributed by atoms with E-state index in [4.69, 9.17) is 4.74 Å². The molecule has 0 fully saturated rings. The highest BCUT2D eigenvalue weighted by Crippen LogP contribution is 2.32. The van der Waals surface area contributed by atoms with Crippen LogP contribution < -0.4 is 15.4 Å². The number of anilines is 1. The number of nitrogens with one attached hydrogen (secondary N) is 3. The molecule has 3 aromatic carbocycles. The molecule has 1 aliphatic heterocycles. The fourth-order valence-electron chi connectivity index (χ4n) is 3.96. The smallest absolute Gasteiger partial charge is 0.449 e. The summed E-state index contributed by atoms with van der Waals surface area (Å²) >= 11 is 0. The quantitative estimate of drug-likeness (QED) is 0.390. The molecule has 0 unspecified atom stereocenters. The number of amides is 2. The Morgan fingerprint density at radius 2 is 1.77 bits per heavy atom. The highest BCUT2D eigenvalue weighted by Gasteiger charge is 2.35. The standard InChI is InChI=1S/C25H19F3N4O3/c26-25(27,28)24-30-16-11-10-15(12-18(16)31-24)22(14-6-2-1-3-7-14)32-21(33)13-20-23(34)29-17-8-4-5-9-19(17)35-20/h1-12,20,22H,13H2,(H,29,34)(H,30,31)(H,32,33)/t20-,22-/m1/s1. The SMILES string of the molecule is O=C(C[C@H]1Oc2ccccc2NC1=O)N[C@H](c1ccccc1)c1ccc2nc(C(F)(F)F)[nH]c2c1. The predicted octanol–water partition coefficient (Wildman–Crippen LogP) is 4.58. The minimum Gasteiger partial charge on any atom is -0.478 e. The van der Waals surface area contributed by atoms with Gasteiger partial charge in [-0.15, -0.1) is 0 Å². The zero-order valence-corrected chi connectivity index (χ0v) is 18.1. The molecule has 178 valence electrons. The van der Waals surface area contributed by atoms with E-state index in [2.05, 4.69) is 20.6 Å². The zero-order chi connectivity index (χ0) is 24.6. The van der Waals surface area contributed by atoms with E-state index in [0.29, 0.717) is 17.0 Å². The minimum atomic E-state index is -4.61. The monoisotopic (exact) mass is 480 g/mol. The lowest BCUT2D eigenvalue weighted by Gasteiger charge is -2.26. The second kappa shape index (κ2) is 8.79. The van der Waals surface area contributed by atoms with Crippen LogP contribution in [0.5, 0.6) is 5.75 Å². The first-order valence-corrected chi connectivity index (χ1v) is 10.8. The largest absolute Gasteiger partial charge is 0.478 e. The maximum atomic E-state index is 13.1. The second-order valence-corrected chi connectivity index (χ2v) is 8.07. The number of aromatic nitrogens is 2. The molecule has 1 aliphatic rings. The number of carbonyl (C=O) groups is 2. The maximum Gasteiger partial charge on any atom is 0.449 e. The van der Waals surface area contributed by atoms with E-state index < -0.39 is 36.0 Å². The first-order valence-electron chi connectivity index (χ1n) is 10.8. The Balaban J connectivity index is 1.40. The van der Waals surface area contributed by atoms with Crippen LogP contribution in [0.25, 0.3) is 11.0 Å². The third-order valence-corrected chi connectivity index (χ3v) is 5.62. The summed E-state index contributed by atoms with van der Waals surface area (Å²) in [5.41, 5.74) is 2.15. The van der Waals surface area contributed by atoms with Crippen molar-refractivity contribution in [2.75, 3.05) is 5.32 Å². The van der Waals surface area contributed by atoms with Gasteiger partial charge in [0, 0.05) is 0 Å². The summed E-state index contributed by atoms with van der Waals surface area (Å²) in [6.07, 6.45) is -5.87. The number of halogens is 3. The molecule has 0 saturated carbocycles. The Labute approximate surface area is 197 Å². The Hall–Kier alpha value is -4.34. The highest BCUT2D eigenvalue weighted by molar-refractivity contribution is 6.00. The number of carbonyl (C=O) groups excluding carboxylic acids is 2. The van der Waals surface area contributed by atoms with Crippen molar-refractivity contribution in [2.24, 2.45) is 0 Å². The van der Waals surface area contributed by atoms with E-state index in [1.54, 1.807) is 54.6 Å². The van der Waals surface area contributed by atoms with E-state index in [0.717, 1.165) is 5.56 Å². The minimum absolute atomic E-state index is 0.158. The molecule has 4 aromatic rings. The number of nitrogens with zero attached hydrogens (tertiary/aromatic N) is 1. The van der Waals surface area contributed by atoms with Crippen LogP contribution in [0.1, 0.15) is 29.4 Å². The van der Waals surface area contributed by atoms with E-state index in [9.17, 15) is 22.8 Å². The van der Waals surface area contributed by atoms with Crippen LogP contribution in [0.3, 0.4) is 0 Å². The van der Waals surface area contributed by atoms with Gasteiger partial charge in [0.2, 0.25) is 11.7 Å². The van der Waals surface area contributed by atoms with Crippen LogP contribution >= 0.6 is 0 Å². The summed E-state index contributed by atoms with van der Waals surface area (Å²) in [4.78, 5) is 31.3. The number of aromatic amines is 1. The molecule has 35 heavy (non-hydrogen) atoms. The number of imidazole rings is 1. The number of fused-ring (bicyclic) bond motifs is 2. The summed E-state index contributed by atoms with van der Waals surface area (Å²) in [6.45, 7) is 0. The summed E-state index contributed by atoms with van der Waals surface area (Å²) in [7, 11) is 0. The normalized spacial score (nSPS) is 16.2. The van der Waals surface area contributed by atoms with Crippen LogP contribution in [0.4, 0.5) is 18.9 Å². The number of ether oxygens (including phenoxy) is 1. The number of rotatable bonds is 5. The van der Waals surface area contributed by atoms with Crippen LogP contribution in [0.15, 0.2) is 72.8 Å². The molecule has 2 amide bonds. The molecule has 0 aliphatic carbocycles. The van der Waals surface area contributed by atoms with Crippen LogP contribution in [0.2, 0.25) is 0 Å². The molecule has 0 saturated heterocycles. The Kier molecular flexibility index (Phi) is 5.64. The van der Waals surface area contributed by atoms with Gasteiger partial charge in [-0.2, -0.15) is 13.2 Å². The van der Waals surface area contributed by atoms with Crippen molar-refractivity contribution in [3.05, 3.63) is 89.7 Å². The van der Waals surface area contributed by atoms with Crippen molar-refractivity contribution in [3.8, 4) is 5.75 Å². The lowest BCUT2D eigenvalue weighted by atomic mass is 9.98. The Bertz CT molecular complexity index is 1400. The third-order valence-electron chi connectivity index (χ3n) is 5.62. The average Bonchev–Trinajstić information content (AvgIpc) is 3.28. The molecular formula is C25H19F3N4O3. The van der Waals surface area contributed by atoms with E-state index in [1.165, 1.54) is 12.1 Å². The Morgan fingerprint density at radius 3 is 2.54 bits per heavy atom. The van der Waals surface area contributed by atoms with Crippen molar-refractivity contribution < 1.29 is 27.5 Å². The highest BCUT2D eigenvalue weighted by atomic mass is 19.4. The lowest BCUT2D eigenvalue weighted by molar-refractivity contribution is -0.144. The molecule has 2 atom stereocenters. The fraction of sp³-hybridized carbons (Fsp3) is 0.160. The fourth-order valence-corrected chi connectivity index (χ4v) is 3.96. The summed E-state index contributed by atoms with van der Waals surface area (Å²) < 4.78 is 44.9. The number of alkyl halides is 3. The predicted molar refractivity (Wildman–Crippen MR) is 122 cm³/mol. The van der Waals surface area contributed by atoms with Gasteiger partial charge < -0.3 is 20.4 Å². The van der Waals surface area contributed by atoms with Crippen molar-refractivity contribution in [1.29, 1.82) is 0 Å². The van der Waals surface area contributed by atoms with Crippen molar-refractivity contribution >= 4 is 28.5 Å². The average molecular weight is 480 g/mol. The van der Waals surface area contributed by atoms with Crippen molar-refractivity contribution in [3.63, 3.8) is 0 Å². The van der Waals surface area contributed by atoms with Gasteiger partial charge in [-0.05, 0) is 35.4 Å². The molecule has 7 nitrogen and oxygen atoms in total. The molecule has 0 bridgehead atoms. The van der Waals surface area contributed by atoms with E-state index in [-0.39, 0.29) is 17.5 Å². The Morgan fingerprint density at radius 1 is 1.03 bits per heavy atom. The molecule has 0 spiro atoms. The molecular weight excluding hydrogens is 461 g/mol. The summed E-state index contributed by atoms with van der Waals surface area (Å²) in [5, 5.41) is 5.61.